The number of fused-ring (bicyclic) bond motifs is 1. The molecule has 0 spiro atoms. The molecule has 0 amide bonds. The Kier molecular flexibility index (Phi) is 3.86. The van der Waals surface area contributed by atoms with Crippen molar-refractivity contribution in [2.24, 2.45) is 0 Å². The Morgan fingerprint density at radius 3 is 2.55 bits per heavy atom. The molecule has 1 heterocycles. The second-order valence-electron chi connectivity index (χ2n) is 5.77. The minimum absolute atomic E-state index is 0.258. The van der Waals surface area contributed by atoms with Crippen molar-refractivity contribution in [2.45, 2.75) is 37.9 Å². The van der Waals surface area contributed by atoms with Crippen molar-refractivity contribution in [1.82, 2.24) is 9.55 Å². The third-order valence-corrected chi connectivity index (χ3v) is 6.02. The van der Waals surface area contributed by atoms with E-state index in [1.165, 1.54) is 6.26 Å². The lowest BCUT2D eigenvalue weighted by Crippen LogP contribution is -2.36. The third-order valence-electron chi connectivity index (χ3n) is 3.64. The van der Waals surface area contributed by atoms with E-state index in [9.17, 15) is 8.42 Å². The standard InChI is InChI=1S/C14H19ClN2O2S/c1-10-5-6-11-12(7-10)17(13(8-15)16-11)9-14(2,3)20(4,18)19/h5-7H,8-9H2,1-4H3. The number of benzene rings is 1. The van der Waals surface area contributed by atoms with Gasteiger partial charge in [-0.2, -0.15) is 0 Å². The molecule has 0 bridgehead atoms. The normalized spacial score (nSPS) is 13.1. The van der Waals surface area contributed by atoms with Gasteiger partial charge in [-0.3, -0.25) is 0 Å². The summed E-state index contributed by atoms with van der Waals surface area (Å²) in [6, 6.07) is 5.93. The van der Waals surface area contributed by atoms with Crippen LogP contribution in [0.4, 0.5) is 0 Å². The molecule has 0 saturated carbocycles. The lowest BCUT2D eigenvalue weighted by atomic mass is 10.2. The number of alkyl halides is 1. The number of hydrogen-bond donors (Lipinski definition) is 0. The number of aromatic nitrogens is 2. The zero-order valence-electron chi connectivity index (χ0n) is 12.1. The van der Waals surface area contributed by atoms with Gasteiger partial charge in [-0.15, -0.1) is 11.6 Å². The minimum Gasteiger partial charge on any atom is -0.325 e. The molecule has 20 heavy (non-hydrogen) atoms. The van der Waals surface area contributed by atoms with Crippen LogP contribution in [0.2, 0.25) is 0 Å². The van der Waals surface area contributed by atoms with Gasteiger partial charge in [-0.25, -0.2) is 13.4 Å². The molecule has 0 aliphatic heterocycles. The highest BCUT2D eigenvalue weighted by molar-refractivity contribution is 7.92. The molecule has 0 N–H and O–H groups in total. The van der Waals surface area contributed by atoms with Gasteiger partial charge in [0.25, 0.3) is 0 Å². The molecule has 0 unspecified atom stereocenters. The summed E-state index contributed by atoms with van der Waals surface area (Å²) in [5, 5.41) is 0. The van der Waals surface area contributed by atoms with Crippen LogP contribution in [0.25, 0.3) is 11.0 Å². The average molecular weight is 315 g/mol. The van der Waals surface area contributed by atoms with Gasteiger partial charge < -0.3 is 4.57 Å². The van der Waals surface area contributed by atoms with E-state index in [0.29, 0.717) is 12.4 Å². The zero-order valence-corrected chi connectivity index (χ0v) is 13.7. The summed E-state index contributed by atoms with van der Waals surface area (Å²) in [5.74, 6) is 0.956. The molecule has 0 radical (unpaired) electrons. The van der Waals surface area contributed by atoms with E-state index in [1.807, 2.05) is 29.7 Å². The van der Waals surface area contributed by atoms with Crippen LogP contribution in [0.5, 0.6) is 0 Å². The number of imidazole rings is 1. The van der Waals surface area contributed by atoms with Gasteiger partial charge in [0.1, 0.15) is 5.82 Å². The number of hydrogen-bond acceptors (Lipinski definition) is 3. The number of halogens is 1. The van der Waals surface area contributed by atoms with Crippen LogP contribution in [0.3, 0.4) is 0 Å². The van der Waals surface area contributed by atoms with E-state index in [1.54, 1.807) is 13.8 Å². The minimum atomic E-state index is -3.17. The van der Waals surface area contributed by atoms with E-state index < -0.39 is 14.6 Å². The molecule has 1 aromatic heterocycles. The monoisotopic (exact) mass is 314 g/mol. The summed E-state index contributed by atoms with van der Waals surface area (Å²) in [6.45, 7) is 5.79. The van der Waals surface area contributed by atoms with Crippen LogP contribution in [-0.2, 0) is 22.3 Å². The van der Waals surface area contributed by atoms with Crippen molar-refractivity contribution in [2.75, 3.05) is 6.26 Å². The fraction of sp³-hybridized carbons (Fsp3) is 0.500. The Hall–Kier alpha value is -1.07. The summed E-state index contributed by atoms with van der Waals surface area (Å²) in [5.41, 5.74) is 2.88. The number of sulfone groups is 1. The zero-order chi connectivity index (χ0) is 15.1. The van der Waals surface area contributed by atoms with Gasteiger partial charge in [0, 0.05) is 12.8 Å². The molecular weight excluding hydrogens is 296 g/mol. The summed E-state index contributed by atoms with van der Waals surface area (Å²) in [6.07, 6.45) is 1.26. The van der Waals surface area contributed by atoms with Gasteiger partial charge in [0.05, 0.1) is 21.7 Å². The van der Waals surface area contributed by atoms with Crippen LogP contribution in [0.1, 0.15) is 25.2 Å². The predicted octanol–water partition coefficient (Wildman–Crippen LogP) is 2.91. The van der Waals surface area contributed by atoms with Crippen LogP contribution >= 0.6 is 11.6 Å². The van der Waals surface area contributed by atoms with E-state index in [-0.39, 0.29) is 5.88 Å². The van der Waals surface area contributed by atoms with Crippen LogP contribution in [0, 0.1) is 6.92 Å². The summed E-state index contributed by atoms with van der Waals surface area (Å²) in [7, 11) is -3.17. The molecule has 6 heteroatoms. The quantitative estimate of drug-likeness (QED) is 0.815. The molecule has 4 nitrogen and oxygen atoms in total. The summed E-state index contributed by atoms with van der Waals surface area (Å²) in [4.78, 5) is 4.47. The first kappa shape index (κ1) is 15.3. The van der Waals surface area contributed by atoms with E-state index in [0.717, 1.165) is 16.6 Å². The van der Waals surface area contributed by atoms with E-state index >= 15 is 0 Å². The molecular formula is C14H19ClN2O2S. The topological polar surface area (TPSA) is 52.0 Å². The highest BCUT2D eigenvalue weighted by atomic mass is 35.5. The van der Waals surface area contributed by atoms with Gasteiger partial charge in [0.15, 0.2) is 9.84 Å². The maximum atomic E-state index is 11.9. The van der Waals surface area contributed by atoms with Crippen molar-refractivity contribution < 1.29 is 8.42 Å². The van der Waals surface area contributed by atoms with Gasteiger partial charge >= 0.3 is 0 Å². The van der Waals surface area contributed by atoms with Crippen molar-refractivity contribution in [1.29, 1.82) is 0 Å². The fourth-order valence-electron chi connectivity index (χ4n) is 2.06. The van der Waals surface area contributed by atoms with Gasteiger partial charge in [-0.05, 0) is 38.5 Å². The highest BCUT2D eigenvalue weighted by Crippen LogP contribution is 2.25. The fourth-order valence-corrected chi connectivity index (χ4v) is 2.63. The van der Waals surface area contributed by atoms with Crippen LogP contribution in [-0.4, -0.2) is 29.0 Å². The first-order valence-corrected chi connectivity index (χ1v) is 8.79. The van der Waals surface area contributed by atoms with Crippen molar-refractivity contribution in [3.8, 4) is 0 Å². The Labute approximate surface area is 124 Å². The van der Waals surface area contributed by atoms with Crippen LogP contribution in [0.15, 0.2) is 18.2 Å². The highest BCUT2D eigenvalue weighted by Gasteiger charge is 2.32. The van der Waals surface area contributed by atoms with Crippen LogP contribution < -0.4 is 0 Å². The molecule has 1 aromatic carbocycles. The van der Waals surface area contributed by atoms with Crippen molar-refractivity contribution in [3.63, 3.8) is 0 Å². The Morgan fingerprint density at radius 1 is 1.35 bits per heavy atom. The first-order valence-electron chi connectivity index (χ1n) is 6.37. The molecule has 0 aliphatic carbocycles. The second-order valence-corrected chi connectivity index (χ2v) is 8.69. The first-order chi connectivity index (χ1) is 9.15. The molecule has 110 valence electrons. The SMILES string of the molecule is Cc1ccc2nc(CCl)n(CC(C)(C)S(C)(=O)=O)c2c1. The Balaban J connectivity index is 2.61. The third kappa shape index (κ3) is 2.69. The lowest BCUT2D eigenvalue weighted by Gasteiger charge is -2.24. The molecule has 0 atom stereocenters. The average Bonchev–Trinajstić information content (AvgIpc) is 2.65. The predicted molar refractivity (Wildman–Crippen MR) is 82.9 cm³/mol. The molecule has 0 saturated heterocycles. The van der Waals surface area contributed by atoms with Gasteiger partial charge in [0.2, 0.25) is 0 Å². The van der Waals surface area contributed by atoms with E-state index in [2.05, 4.69) is 4.98 Å². The Bertz CT molecular complexity index is 748. The number of aryl methyl sites for hydroxylation is 1. The molecule has 2 rings (SSSR count). The molecule has 0 aliphatic rings. The second kappa shape index (κ2) is 5.04. The maximum Gasteiger partial charge on any atom is 0.154 e. The van der Waals surface area contributed by atoms with E-state index in [4.69, 9.17) is 11.6 Å². The Morgan fingerprint density at radius 2 is 2.00 bits per heavy atom. The molecule has 0 fully saturated rings. The van der Waals surface area contributed by atoms with Crippen molar-refractivity contribution in [3.05, 3.63) is 29.6 Å². The number of nitrogens with zero attached hydrogens (tertiary/aromatic N) is 2. The molecule has 2 aromatic rings. The van der Waals surface area contributed by atoms with Gasteiger partial charge in [-0.1, -0.05) is 6.07 Å². The summed E-state index contributed by atoms with van der Waals surface area (Å²) < 4.78 is 24.9. The van der Waals surface area contributed by atoms with Crippen molar-refractivity contribution >= 4 is 32.5 Å². The lowest BCUT2D eigenvalue weighted by molar-refractivity contribution is 0.503. The largest absolute Gasteiger partial charge is 0.325 e. The summed E-state index contributed by atoms with van der Waals surface area (Å²) >= 11 is 5.95. The number of rotatable bonds is 4. The maximum absolute atomic E-state index is 11.9. The smallest absolute Gasteiger partial charge is 0.154 e.